The number of rotatable bonds is 45. The molecule has 0 aromatic rings. The van der Waals surface area contributed by atoms with Gasteiger partial charge in [0, 0.05) is 19.3 Å². The first-order valence-electron chi connectivity index (χ1n) is 26.0. The first kappa shape index (κ1) is 60.1. The average molecular weight is 887 g/mol. The van der Waals surface area contributed by atoms with Crippen molar-refractivity contribution in [3.05, 3.63) is 109 Å². The minimum atomic E-state index is -0.807. The molecule has 6 heteroatoms. The number of allylic oxidation sites excluding steroid dienone is 18. The summed E-state index contributed by atoms with van der Waals surface area (Å²) in [5.74, 6) is -0.966. The van der Waals surface area contributed by atoms with E-state index in [9.17, 15) is 14.4 Å². The summed E-state index contributed by atoms with van der Waals surface area (Å²) in [6, 6.07) is 0. The number of carbonyl (C=O) groups is 3. The normalized spacial score (nSPS) is 13.0. The largest absolute Gasteiger partial charge is 0.462 e. The Morgan fingerprint density at radius 3 is 1.05 bits per heavy atom. The van der Waals surface area contributed by atoms with Crippen LogP contribution in [0.2, 0.25) is 0 Å². The molecule has 6 nitrogen and oxygen atoms in total. The summed E-state index contributed by atoms with van der Waals surface area (Å²) in [5, 5.41) is 0. The van der Waals surface area contributed by atoms with Crippen molar-refractivity contribution in [3.63, 3.8) is 0 Å². The molecule has 0 unspecified atom stereocenters. The molecule has 0 rings (SSSR count). The maximum absolute atomic E-state index is 12.8. The van der Waals surface area contributed by atoms with Gasteiger partial charge in [0.1, 0.15) is 13.2 Å². The van der Waals surface area contributed by atoms with E-state index in [1.54, 1.807) is 0 Å². The highest BCUT2D eigenvalue weighted by atomic mass is 16.6. The van der Waals surface area contributed by atoms with Crippen LogP contribution in [0.5, 0.6) is 0 Å². The van der Waals surface area contributed by atoms with Gasteiger partial charge in [-0.05, 0) is 83.5 Å². The Bertz CT molecular complexity index is 1340. The van der Waals surface area contributed by atoms with Gasteiger partial charge in [-0.25, -0.2) is 0 Å². The van der Waals surface area contributed by atoms with Crippen LogP contribution in [-0.4, -0.2) is 37.2 Å². The van der Waals surface area contributed by atoms with Crippen LogP contribution in [0.25, 0.3) is 0 Å². The van der Waals surface area contributed by atoms with Gasteiger partial charge in [-0.1, -0.05) is 226 Å². The summed E-state index contributed by atoms with van der Waals surface area (Å²) < 4.78 is 16.8. The van der Waals surface area contributed by atoms with Gasteiger partial charge in [-0.15, -0.1) is 0 Å². The van der Waals surface area contributed by atoms with Crippen molar-refractivity contribution in [2.45, 2.75) is 226 Å². The Morgan fingerprint density at radius 2 is 0.641 bits per heavy atom. The van der Waals surface area contributed by atoms with E-state index in [2.05, 4.69) is 130 Å². The molecule has 0 saturated carbocycles. The summed E-state index contributed by atoms with van der Waals surface area (Å²) >= 11 is 0. The van der Waals surface area contributed by atoms with Crippen molar-refractivity contribution in [2.75, 3.05) is 13.2 Å². The Balaban J connectivity index is 4.52. The molecule has 0 aliphatic carbocycles. The molecule has 0 aromatic carbocycles. The van der Waals surface area contributed by atoms with Crippen LogP contribution in [0.1, 0.15) is 220 Å². The molecule has 0 amide bonds. The lowest BCUT2D eigenvalue weighted by atomic mass is 10.1. The lowest BCUT2D eigenvalue weighted by Crippen LogP contribution is -2.30. The number of esters is 3. The number of hydrogen-bond donors (Lipinski definition) is 0. The predicted octanol–water partition coefficient (Wildman–Crippen LogP) is 17.1. The van der Waals surface area contributed by atoms with E-state index in [0.717, 1.165) is 141 Å². The molecule has 0 aliphatic rings. The van der Waals surface area contributed by atoms with Crippen LogP contribution >= 0.6 is 0 Å². The van der Waals surface area contributed by atoms with Gasteiger partial charge in [0.05, 0.1) is 0 Å². The lowest BCUT2D eigenvalue weighted by molar-refractivity contribution is -0.167. The van der Waals surface area contributed by atoms with E-state index in [0.29, 0.717) is 19.3 Å². The van der Waals surface area contributed by atoms with E-state index in [1.807, 2.05) is 0 Å². The fraction of sp³-hybridized carbons (Fsp3) is 0.638. The topological polar surface area (TPSA) is 78.9 Å². The summed E-state index contributed by atoms with van der Waals surface area (Å²) in [5.41, 5.74) is 0. The third-order valence-corrected chi connectivity index (χ3v) is 10.6. The van der Waals surface area contributed by atoms with E-state index in [-0.39, 0.29) is 31.1 Å². The summed E-state index contributed by atoms with van der Waals surface area (Å²) in [6.07, 6.45) is 69.1. The van der Waals surface area contributed by atoms with Crippen molar-refractivity contribution >= 4 is 17.9 Å². The molecule has 0 N–H and O–H groups in total. The van der Waals surface area contributed by atoms with E-state index in [4.69, 9.17) is 14.2 Å². The van der Waals surface area contributed by atoms with Gasteiger partial charge in [0.2, 0.25) is 0 Å². The van der Waals surface area contributed by atoms with Crippen LogP contribution in [-0.2, 0) is 28.6 Å². The van der Waals surface area contributed by atoms with Crippen molar-refractivity contribution in [2.24, 2.45) is 0 Å². The predicted molar refractivity (Wildman–Crippen MR) is 274 cm³/mol. The standard InChI is InChI=1S/C58H94O6/c1-4-7-10-13-16-19-22-25-28-31-33-36-39-42-45-48-51-57(60)63-54-55(64-58(61)52-49-46-43-40-37-34-30-27-24-21-18-15-12-9-6-3)53-62-56(59)50-47-44-41-38-35-32-29-26-23-20-17-14-11-8-5-2/h13-24,26-31,55H,4-12,25,32-54H2,1-3H3/b16-13+,17-14-,18-15-,22-19-,23-20+,24-21+,29-26-,30-27-,31-28-/t55-/m0/s1. The minimum absolute atomic E-state index is 0.105. The Hall–Kier alpha value is -3.93. The number of hydrogen-bond acceptors (Lipinski definition) is 6. The molecule has 0 spiro atoms. The third kappa shape index (κ3) is 49.1. The monoisotopic (exact) mass is 887 g/mol. The average Bonchev–Trinajstić information content (AvgIpc) is 3.29. The summed E-state index contributed by atoms with van der Waals surface area (Å²) in [7, 11) is 0. The quantitative estimate of drug-likeness (QED) is 0.0199. The number of ether oxygens (including phenoxy) is 3. The molecule has 0 heterocycles. The van der Waals surface area contributed by atoms with E-state index in [1.165, 1.54) is 38.5 Å². The van der Waals surface area contributed by atoms with Crippen molar-refractivity contribution in [1.82, 2.24) is 0 Å². The van der Waals surface area contributed by atoms with Crippen LogP contribution in [0.4, 0.5) is 0 Å². The summed E-state index contributed by atoms with van der Waals surface area (Å²) in [6.45, 7) is 6.42. The SMILES string of the molecule is CCCC\C=C/C=C/C=C\CCCCCCCC(=O)OC[C@@H](COC(=O)CCCCCCC/C=C\C/C=C\C=C\CCCC)OC(=O)CCCCCCC\C=C/C=C/C=C\CCCC. The van der Waals surface area contributed by atoms with Crippen molar-refractivity contribution in [1.29, 1.82) is 0 Å². The summed E-state index contributed by atoms with van der Waals surface area (Å²) in [4.78, 5) is 38.0. The molecule has 0 aliphatic heterocycles. The molecular formula is C58H94O6. The first-order valence-corrected chi connectivity index (χ1v) is 26.0. The zero-order chi connectivity index (χ0) is 46.5. The van der Waals surface area contributed by atoms with E-state index < -0.39 is 6.10 Å². The second-order valence-electron chi connectivity index (χ2n) is 16.9. The number of carbonyl (C=O) groups excluding carboxylic acids is 3. The fourth-order valence-electron chi connectivity index (χ4n) is 6.61. The zero-order valence-electron chi connectivity index (χ0n) is 41.3. The smallest absolute Gasteiger partial charge is 0.306 e. The molecule has 362 valence electrons. The molecule has 0 bridgehead atoms. The van der Waals surface area contributed by atoms with Gasteiger partial charge >= 0.3 is 17.9 Å². The van der Waals surface area contributed by atoms with Gasteiger partial charge in [0.15, 0.2) is 6.10 Å². The highest BCUT2D eigenvalue weighted by Crippen LogP contribution is 2.13. The molecular weight excluding hydrogens is 793 g/mol. The van der Waals surface area contributed by atoms with Gasteiger partial charge in [-0.2, -0.15) is 0 Å². The maximum Gasteiger partial charge on any atom is 0.306 e. The molecule has 64 heavy (non-hydrogen) atoms. The Kier molecular flexibility index (Phi) is 48.5. The van der Waals surface area contributed by atoms with Crippen molar-refractivity contribution in [3.8, 4) is 0 Å². The first-order chi connectivity index (χ1) is 31.5. The fourth-order valence-corrected chi connectivity index (χ4v) is 6.61. The molecule has 1 atom stereocenters. The highest BCUT2D eigenvalue weighted by molar-refractivity contribution is 5.71. The zero-order valence-corrected chi connectivity index (χ0v) is 41.3. The molecule has 0 saturated heterocycles. The number of unbranched alkanes of at least 4 members (excludes halogenated alkanes) is 21. The molecule has 0 aromatic heterocycles. The molecule has 0 fully saturated rings. The highest BCUT2D eigenvalue weighted by Gasteiger charge is 2.19. The van der Waals surface area contributed by atoms with E-state index >= 15 is 0 Å². The minimum Gasteiger partial charge on any atom is -0.462 e. The van der Waals surface area contributed by atoms with Gasteiger partial charge in [-0.3, -0.25) is 14.4 Å². The third-order valence-electron chi connectivity index (χ3n) is 10.6. The van der Waals surface area contributed by atoms with Crippen LogP contribution in [0.15, 0.2) is 109 Å². The second kappa shape index (κ2) is 51.7. The molecule has 0 radical (unpaired) electrons. The van der Waals surface area contributed by atoms with Crippen LogP contribution in [0.3, 0.4) is 0 Å². The van der Waals surface area contributed by atoms with Crippen molar-refractivity contribution < 1.29 is 28.6 Å². The Labute approximate surface area is 393 Å². The van der Waals surface area contributed by atoms with Gasteiger partial charge in [0.25, 0.3) is 0 Å². The maximum atomic E-state index is 12.8. The van der Waals surface area contributed by atoms with Crippen LogP contribution in [0, 0.1) is 0 Å². The Morgan fingerprint density at radius 1 is 0.328 bits per heavy atom. The van der Waals surface area contributed by atoms with Crippen LogP contribution < -0.4 is 0 Å². The second-order valence-corrected chi connectivity index (χ2v) is 16.9. The lowest BCUT2D eigenvalue weighted by Gasteiger charge is -2.18. The van der Waals surface area contributed by atoms with Gasteiger partial charge < -0.3 is 14.2 Å².